The maximum Gasteiger partial charge on any atom is 0.161 e. The molecule has 2 rings (SSSR count). The number of hydrogen-bond donors (Lipinski definition) is 1. The Bertz CT molecular complexity index is 647. The summed E-state index contributed by atoms with van der Waals surface area (Å²) in [6.07, 6.45) is 0. The van der Waals surface area contributed by atoms with Crippen LogP contribution in [0, 0.1) is 9.39 Å². The molecule has 0 unspecified atom stereocenters. The zero-order valence-electron chi connectivity index (χ0n) is 11.3. The van der Waals surface area contributed by atoms with E-state index in [2.05, 4.69) is 51.7 Å². The molecular weight excluding hydrogens is 392 g/mol. The van der Waals surface area contributed by atoms with Crippen LogP contribution in [0.3, 0.4) is 0 Å². The molecule has 1 heterocycles. The predicted molar refractivity (Wildman–Crippen MR) is 88.8 cm³/mol. The molecule has 0 spiro atoms. The van der Waals surface area contributed by atoms with Gasteiger partial charge in [-0.15, -0.1) is 0 Å². The summed E-state index contributed by atoms with van der Waals surface area (Å²) in [6.45, 7) is 4.15. The summed E-state index contributed by atoms with van der Waals surface area (Å²) < 4.78 is 14.2. The zero-order chi connectivity index (χ0) is 14.9. The van der Waals surface area contributed by atoms with Crippen molar-refractivity contribution in [1.82, 2.24) is 9.97 Å². The van der Waals surface area contributed by atoms with E-state index in [4.69, 9.17) is 11.6 Å². The van der Waals surface area contributed by atoms with Gasteiger partial charge in [0.25, 0.3) is 0 Å². The SMILES string of the molecule is CNc1nc(-c2ccc(F)c(Cl)c2)nc(C(C)C)c1I. The Hall–Kier alpha value is -0.950. The molecule has 3 nitrogen and oxygen atoms in total. The van der Waals surface area contributed by atoms with E-state index in [9.17, 15) is 4.39 Å². The fourth-order valence-corrected chi connectivity index (χ4v) is 3.09. The van der Waals surface area contributed by atoms with Gasteiger partial charge in [-0.3, -0.25) is 0 Å². The molecule has 1 aromatic heterocycles. The molecule has 0 amide bonds. The van der Waals surface area contributed by atoms with Crippen LogP contribution < -0.4 is 5.32 Å². The molecular formula is C14H14ClFIN3. The number of rotatable bonds is 3. The first-order valence-corrected chi connectivity index (χ1v) is 7.60. The minimum absolute atomic E-state index is 0.0711. The second-order valence-electron chi connectivity index (χ2n) is 4.63. The summed E-state index contributed by atoms with van der Waals surface area (Å²) in [7, 11) is 1.82. The molecule has 0 aliphatic rings. The molecule has 0 fully saturated rings. The normalized spacial score (nSPS) is 10.9. The van der Waals surface area contributed by atoms with Crippen molar-refractivity contribution in [2.24, 2.45) is 0 Å². The highest BCUT2D eigenvalue weighted by Crippen LogP contribution is 2.29. The third-order valence-electron chi connectivity index (χ3n) is 2.84. The second-order valence-corrected chi connectivity index (χ2v) is 6.11. The van der Waals surface area contributed by atoms with Crippen LogP contribution in [0.4, 0.5) is 10.2 Å². The second kappa shape index (κ2) is 6.22. The van der Waals surface area contributed by atoms with Gasteiger partial charge < -0.3 is 5.32 Å². The molecule has 0 radical (unpaired) electrons. The first-order chi connectivity index (χ1) is 9.43. The van der Waals surface area contributed by atoms with Crippen LogP contribution in [0.25, 0.3) is 11.4 Å². The first kappa shape index (κ1) is 15.4. The van der Waals surface area contributed by atoms with Gasteiger partial charge in [-0.1, -0.05) is 25.4 Å². The van der Waals surface area contributed by atoms with Crippen LogP contribution in [-0.4, -0.2) is 17.0 Å². The number of benzene rings is 1. The van der Waals surface area contributed by atoms with E-state index >= 15 is 0 Å². The average Bonchev–Trinajstić information content (AvgIpc) is 2.42. The third-order valence-corrected chi connectivity index (χ3v) is 4.19. The summed E-state index contributed by atoms with van der Waals surface area (Å²) in [5.41, 5.74) is 1.66. The quantitative estimate of drug-likeness (QED) is 0.752. The molecule has 20 heavy (non-hydrogen) atoms. The highest BCUT2D eigenvalue weighted by Gasteiger charge is 2.15. The minimum Gasteiger partial charge on any atom is -0.372 e. The molecule has 0 aliphatic heterocycles. The minimum atomic E-state index is -0.446. The monoisotopic (exact) mass is 405 g/mol. The molecule has 1 N–H and O–H groups in total. The van der Waals surface area contributed by atoms with Gasteiger partial charge in [0.15, 0.2) is 5.82 Å². The smallest absolute Gasteiger partial charge is 0.161 e. The number of halogens is 3. The predicted octanol–water partition coefficient (Wildman–Crippen LogP) is 4.71. The van der Waals surface area contributed by atoms with Crippen molar-refractivity contribution in [3.8, 4) is 11.4 Å². The van der Waals surface area contributed by atoms with E-state index in [1.165, 1.54) is 6.07 Å². The summed E-state index contributed by atoms with van der Waals surface area (Å²) in [5.74, 6) is 1.13. The standard InChI is InChI=1S/C14H14ClFIN3/c1-7(2)12-11(17)14(18-3)20-13(19-12)8-4-5-10(16)9(15)6-8/h4-7H,1-3H3,(H,18,19,20). The molecule has 0 saturated heterocycles. The average molecular weight is 406 g/mol. The van der Waals surface area contributed by atoms with Gasteiger partial charge in [-0.2, -0.15) is 0 Å². The fourth-order valence-electron chi connectivity index (χ4n) is 1.78. The first-order valence-electron chi connectivity index (χ1n) is 6.14. The Morgan fingerprint density at radius 3 is 2.55 bits per heavy atom. The van der Waals surface area contributed by atoms with Gasteiger partial charge >= 0.3 is 0 Å². The van der Waals surface area contributed by atoms with E-state index in [1.54, 1.807) is 12.1 Å². The maximum absolute atomic E-state index is 13.2. The van der Waals surface area contributed by atoms with Crippen LogP contribution in [0.5, 0.6) is 0 Å². The number of nitrogens with one attached hydrogen (secondary N) is 1. The largest absolute Gasteiger partial charge is 0.372 e. The lowest BCUT2D eigenvalue weighted by Crippen LogP contribution is -2.06. The molecule has 0 atom stereocenters. The number of nitrogens with zero attached hydrogens (tertiary/aromatic N) is 2. The molecule has 2 aromatic rings. The van der Waals surface area contributed by atoms with E-state index in [1.807, 2.05) is 7.05 Å². The van der Waals surface area contributed by atoms with Crippen LogP contribution in [0.1, 0.15) is 25.5 Å². The van der Waals surface area contributed by atoms with E-state index < -0.39 is 5.82 Å². The lowest BCUT2D eigenvalue weighted by molar-refractivity contribution is 0.628. The summed E-state index contributed by atoms with van der Waals surface area (Å²) >= 11 is 8.05. The van der Waals surface area contributed by atoms with E-state index in [0.29, 0.717) is 11.4 Å². The number of aromatic nitrogens is 2. The van der Waals surface area contributed by atoms with Gasteiger partial charge in [0.1, 0.15) is 11.6 Å². The van der Waals surface area contributed by atoms with Crippen molar-refractivity contribution in [1.29, 1.82) is 0 Å². The van der Waals surface area contributed by atoms with Crippen LogP contribution >= 0.6 is 34.2 Å². The highest BCUT2D eigenvalue weighted by atomic mass is 127. The van der Waals surface area contributed by atoms with Crippen LogP contribution in [0.15, 0.2) is 18.2 Å². The van der Waals surface area contributed by atoms with Crippen molar-refractivity contribution in [2.75, 3.05) is 12.4 Å². The fraction of sp³-hybridized carbons (Fsp3) is 0.286. The Morgan fingerprint density at radius 1 is 1.30 bits per heavy atom. The zero-order valence-corrected chi connectivity index (χ0v) is 14.3. The van der Waals surface area contributed by atoms with Gasteiger partial charge in [-0.25, -0.2) is 14.4 Å². The van der Waals surface area contributed by atoms with Crippen molar-refractivity contribution < 1.29 is 4.39 Å². The third kappa shape index (κ3) is 3.03. The molecule has 0 bridgehead atoms. The van der Waals surface area contributed by atoms with Gasteiger partial charge in [0.2, 0.25) is 0 Å². The lowest BCUT2D eigenvalue weighted by atomic mass is 10.1. The van der Waals surface area contributed by atoms with E-state index in [-0.39, 0.29) is 10.9 Å². The summed E-state index contributed by atoms with van der Waals surface area (Å²) in [6, 6.07) is 4.50. The number of anilines is 1. The van der Waals surface area contributed by atoms with Crippen molar-refractivity contribution in [3.63, 3.8) is 0 Å². The Labute approximate surface area is 136 Å². The molecule has 1 aromatic carbocycles. The lowest BCUT2D eigenvalue weighted by Gasteiger charge is -2.13. The molecule has 6 heteroatoms. The van der Waals surface area contributed by atoms with Crippen molar-refractivity contribution >= 4 is 40.0 Å². The highest BCUT2D eigenvalue weighted by molar-refractivity contribution is 14.1. The van der Waals surface area contributed by atoms with Gasteiger partial charge in [-0.05, 0) is 46.7 Å². The Kier molecular flexibility index (Phi) is 4.80. The molecule has 0 saturated carbocycles. The maximum atomic E-state index is 13.2. The summed E-state index contributed by atoms with van der Waals surface area (Å²) in [4.78, 5) is 9.05. The Morgan fingerprint density at radius 2 is 2.00 bits per heavy atom. The van der Waals surface area contributed by atoms with Crippen molar-refractivity contribution in [2.45, 2.75) is 19.8 Å². The number of hydrogen-bond acceptors (Lipinski definition) is 3. The Balaban J connectivity index is 2.61. The molecule has 0 aliphatic carbocycles. The summed E-state index contributed by atoms with van der Waals surface area (Å²) in [5, 5.41) is 3.13. The van der Waals surface area contributed by atoms with Gasteiger partial charge in [0.05, 0.1) is 14.3 Å². The van der Waals surface area contributed by atoms with Crippen LogP contribution in [-0.2, 0) is 0 Å². The van der Waals surface area contributed by atoms with E-state index in [0.717, 1.165) is 15.1 Å². The van der Waals surface area contributed by atoms with Gasteiger partial charge in [0, 0.05) is 12.6 Å². The van der Waals surface area contributed by atoms with Crippen molar-refractivity contribution in [3.05, 3.63) is 38.3 Å². The topological polar surface area (TPSA) is 37.8 Å². The molecule has 106 valence electrons. The van der Waals surface area contributed by atoms with Crippen LogP contribution in [0.2, 0.25) is 5.02 Å².